The van der Waals surface area contributed by atoms with Crippen molar-refractivity contribution in [3.63, 3.8) is 0 Å². The molecule has 0 aliphatic rings. The van der Waals surface area contributed by atoms with Gasteiger partial charge in [-0.15, -0.1) is 5.46 Å². The zero-order chi connectivity index (χ0) is 11.9. The summed E-state index contributed by atoms with van der Waals surface area (Å²) in [6.45, 7) is -5.52. The third kappa shape index (κ3) is 4.24. The van der Waals surface area contributed by atoms with E-state index < -0.39 is 30.1 Å². The summed E-state index contributed by atoms with van der Waals surface area (Å²) in [6.07, 6.45) is -4.94. The van der Waals surface area contributed by atoms with Crippen molar-refractivity contribution in [2.24, 2.45) is 0 Å². The number of nitrogen functional groups attached to an aromatic ring is 1. The molecule has 1 rings (SSSR count). The predicted molar refractivity (Wildman–Crippen MR) is 42.4 cm³/mol. The van der Waals surface area contributed by atoms with E-state index in [9.17, 15) is 26.1 Å². The largest absolute Gasteiger partial charge is 1.00 e. The topological polar surface area (TPSA) is 38.9 Å². The molecule has 0 saturated carbocycles. The summed E-state index contributed by atoms with van der Waals surface area (Å²) in [5, 5.41) is 0. The molecule has 0 unspecified atom stereocenters. The second-order valence-electron chi connectivity index (χ2n) is 2.78. The Morgan fingerprint density at radius 1 is 1.12 bits per heavy atom. The summed E-state index contributed by atoms with van der Waals surface area (Å²) >= 11 is 0. The van der Waals surface area contributed by atoms with E-state index in [2.05, 4.69) is 4.98 Å². The molecule has 1 aromatic heterocycles. The molecule has 0 radical (unpaired) electrons. The average Bonchev–Trinajstić information content (AvgIpc) is 1.99. The molecule has 10 heteroatoms. The molecule has 0 aromatic carbocycles. The fourth-order valence-corrected chi connectivity index (χ4v) is 0.908. The number of anilines is 1. The number of hydrogen-bond acceptors (Lipinski definition) is 2. The maximum atomic E-state index is 12.1. The van der Waals surface area contributed by atoms with Crippen LogP contribution in [0.2, 0.25) is 0 Å². The van der Waals surface area contributed by atoms with Crippen molar-refractivity contribution in [1.29, 1.82) is 0 Å². The van der Waals surface area contributed by atoms with Crippen LogP contribution < -0.4 is 62.6 Å². The fraction of sp³-hybridized carbons (Fsp3) is 0.167. The number of nitrogens with zero attached hydrogens (tertiary/aromatic N) is 1. The van der Waals surface area contributed by atoms with Gasteiger partial charge in [0.15, 0.2) is 0 Å². The number of hydrogen-bond donors (Lipinski definition) is 1. The Hall–Kier alpha value is 0.231. The van der Waals surface area contributed by atoms with Crippen LogP contribution in [0.15, 0.2) is 12.1 Å². The Kier molecular flexibility index (Phi) is 5.33. The number of nitrogens with two attached hydrogens (primary N) is 1. The van der Waals surface area contributed by atoms with E-state index in [4.69, 9.17) is 5.73 Å². The van der Waals surface area contributed by atoms with Gasteiger partial charge in [-0.3, -0.25) is 0 Å². The molecule has 0 bridgehead atoms. The minimum Gasteiger partial charge on any atom is -0.445 e. The van der Waals surface area contributed by atoms with E-state index >= 15 is 0 Å². The maximum Gasteiger partial charge on any atom is 1.00 e. The van der Waals surface area contributed by atoms with Gasteiger partial charge in [0, 0.05) is 0 Å². The van der Waals surface area contributed by atoms with E-state index in [1.54, 1.807) is 0 Å². The van der Waals surface area contributed by atoms with Gasteiger partial charge in [0.2, 0.25) is 0 Å². The first-order valence-corrected chi connectivity index (χ1v) is 3.65. The number of halogens is 6. The Bertz CT molecular complexity index is 344. The molecule has 2 N–H and O–H groups in total. The standard InChI is InChI=1S/C6H4BF6N2.K/c8-6(9,10)4-1-3(7(11,12)13)2-5(14)15-4;/h1-2H,(H2,14,15);/q-1;+1. The van der Waals surface area contributed by atoms with Gasteiger partial charge in [-0.1, -0.05) is 6.07 Å². The Balaban J connectivity index is 0.00000225. The second kappa shape index (κ2) is 5.25. The van der Waals surface area contributed by atoms with Crippen LogP contribution in [0.5, 0.6) is 0 Å². The molecule has 16 heavy (non-hydrogen) atoms. The van der Waals surface area contributed by atoms with Crippen molar-refractivity contribution in [3.8, 4) is 0 Å². The first kappa shape index (κ1) is 16.2. The van der Waals surface area contributed by atoms with Crippen molar-refractivity contribution >= 4 is 18.3 Å². The van der Waals surface area contributed by atoms with Gasteiger partial charge in [0.05, 0.1) is 0 Å². The molecule has 2 nitrogen and oxygen atoms in total. The van der Waals surface area contributed by atoms with Gasteiger partial charge in [0.1, 0.15) is 11.5 Å². The SMILES string of the molecule is Nc1cc([B-](F)(F)F)cc(C(F)(F)F)n1.[K+]. The van der Waals surface area contributed by atoms with Crippen LogP contribution >= 0.6 is 0 Å². The van der Waals surface area contributed by atoms with E-state index in [1.807, 2.05) is 0 Å². The summed E-state index contributed by atoms with van der Waals surface area (Å²) in [7, 11) is 0. The molecule has 0 atom stereocenters. The first-order chi connectivity index (χ1) is 6.60. The molecule has 1 aromatic rings. The monoisotopic (exact) mass is 268 g/mol. The minimum atomic E-state index is -5.52. The van der Waals surface area contributed by atoms with Crippen LogP contribution in [0.1, 0.15) is 5.69 Å². The Labute approximate surface area is 129 Å². The molecular weight excluding hydrogens is 264 g/mol. The van der Waals surface area contributed by atoms with Crippen LogP contribution in [-0.2, 0) is 6.18 Å². The van der Waals surface area contributed by atoms with E-state index in [-0.39, 0.29) is 57.5 Å². The van der Waals surface area contributed by atoms with Crippen LogP contribution in [0.25, 0.3) is 0 Å². The first-order valence-electron chi connectivity index (χ1n) is 3.65. The zero-order valence-electron chi connectivity index (χ0n) is 8.02. The number of aromatic nitrogens is 1. The summed E-state index contributed by atoms with van der Waals surface area (Å²) in [4.78, 5) is 2.78. The van der Waals surface area contributed by atoms with Crippen molar-refractivity contribution < 1.29 is 77.5 Å². The maximum absolute atomic E-state index is 12.1. The molecule has 84 valence electrons. The molecular formula is C6H4BF6KN2. The second-order valence-corrected chi connectivity index (χ2v) is 2.78. The van der Waals surface area contributed by atoms with Gasteiger partial charge >= 0.3 is 64.5 Å². The quantitative estimate of drug-likeness (QED) is 0.510. The molecule has 0 amide bonds. The number of pyridine rings is 1. The third-order valence-electron chi connectivity index (χ3n) is 1.54. The van der Waals surface area contributed by atoms with E-state index in [0.29, 0.717) is 6.07 Å². The van der Waals surface area contributed by atoms with Crippen molar-refractivity contribution in [2.45, 2.75) is 6.18 Å². The number of rotatable bonds is 1. The van der Waals surface area contributed by atoms with E-state index in [0.717, 1.165) is 0 Å². The number of alkyl halides is 3. The normalized spacial score (nSPS) is 12.1. The minimum absolute atomic E-state index is 0. The molecule has 0 saturated heterocycles. The van der Waals surface area contributed by atoms with Crippen molar-refractivity contribution in [2.75, 3.05) is 5.73 Å². The molecule has 0 spiro atoms. The van der Waals surface area contributed by atoms with Crippen LogP contribution in [0.4, 0.5) is 31.9 Å². The molecule has 0 fully saturated rings. The van der Waals surface area contributed by atoms with Gasteiger partial charge < -0.3 is 18.7 Å². The predicted octanol–water partition coefficient (Wildman–Crippen LogP) is -1.26. The van der Waals surface area contributed by atoms with Crippen LogP contribution in [0, 0.1) is 0 Å². The van der Waals surface area contributed by atoms with Crippen LogP contribution in [-0.4, -0.2) is 12.0 Å². The van der Waals surface area contributed by atoms with Crippen molar-refractivity contribution in [1.82, 2.24) is 4.98 Å². The van der Waals surface area contributed by atoms with Crippen molar-refractivity contribution in [3.05, 3.63) is 17.8 Å². The average molecular weight is 268 g/mol. The Morgan fingerprint density at radius 2 is 1.62 bits per heavy atom. The smallest absolute Gasteiger partial charge is 0.445 e. The van der Waals surface area contributed by atoms with Crippen LogP contribution in [0.3, 0.4) is 0 Å². The molecule has 0 aliphatic carbocycles. The fourth-order valence-electron chi connectivity index (χ4n) is 0.908. The summed E-state index contributed by atoms with van der Waals surface area (Å²) in [5.41, 5.74) is 1.80. The Morgan fingerprint density at radius 3 is 2.00 bits per heavy atom. The molecule has 0 aliphatic heterocycles. The van der Waals surface area contributed by atoms with Gasteiger partial charge in [0.25, 0.3) is 0 Å². The third-order valence-corrected chi connectivity index (χ3v) is 1.54. The van der Waals surface area contributed by atoms with Gasteiger partial charge in [-0.25, -0.2) is 4.98 Å². The summed E-state index contributed by atoms with van der Waals surface area (Å²) < 4.78 is 72.6. The molecule has 1 heterocycles. The van der Waals surface area contributed by atoms with E-state index in [1.165, 1.54) is 0 Å². The summed E-state index contributed by atoms with van der Waals surface area (Å²) in [6, 6.07) is 0.311. The zero-order valence-corrected chi connectivity index (χ0v) is 11.1. The van der Waals surface area contributed by atoms with Gasteiger partial charge in [-0.05, 0) is 6.07 Å². The van der Waals surface area contributed by atoms with Gasteiger partial charge in [-0.2, -0.15) is 13.2 Å². The summed E-state index contributed by atoms with van der Waals surface area (Å²) in [5.74, 6) is -0.806.